The lowest BCUT2D eigenvalue weighted by molar-refractivity contribution is -0.385. The molecule has 40 heavy (non-hydrogen) atoms. The summed E-state index contributed by atoms with van der Waals surface area (Å²) in [6, 6.07) is 1.95. The van der Waals surface area contributed by atoms with Gasteiger partial charge in [0.15, 0.2) is 0 Å². The highest BCUT2D eigenvalue weighted by Crippen LogP contribution is 2.35. The molecule has 0 bridgehead atoms. The maximum absolute atomic E-state index is 13.8. The van der Waals surface area contributed by atoms with Gasteiger partial charge in [-0.15, -0.1) is 0 Å². The molecule has 230 valence electrons. The number of nitro benzene ring substituents is 1. The van der Waals surface area contributed by atoms with Crippen LogP contribution in [-0.2, 0) is 48.7 Å². The van der Waals surface area contributed by atoms with Crippen LogP contribution >= 0.6 is 0 Å². The molecule has 17 nitrogen and oxygen atoms in total. The average molecular weight is 653 g/mol. The second kappa shape index (κ2) is 12.9. The zero-order valence-corrected chi connectivity index (χ0v) is 25.4. The number of sulfonamides is 1. The van der Waals surface area contributed by atoms with Gasteiger partial charge in [-0.1, -0.05) is 0 Å². The molecule has 0 spiro atoms. The van der Waals surface area contributed by atoms with E-state index in [1.165, 1.54) is 23.6 Å². The first-order valence-corrected chi connectivity index (χ1v) is 18.1. The standard InChI is InChI=1S/C19H32N4O13S4/c1-15-13-17(23(24)25)14-18(39(30,31)22-7-5-20(6-8-22)16(2)40(32,33)34)19(15)21(9-11-35-37(3,26)27)10-12-36-38(4,28)29/h13-14,16H,5-12H2,1-4H3,(H,32,33,34). The van der Waals surface area contributed by atoms with E-state index in [-0.39, 0.29) is 50.5 Å². The summed E-state index contributed by atoms with van der Waals surface area (Å²) in [5, 5.41) is 10.3. The molecule has 21 heteroatoms. The zero-order valence-electron chi connectivity index (χ0n) is 22.2. The molecule has 1 atom stereocenters. The first kappa shape index (κ1) is 34.2. The van der Waals surface area contributed by atoms with Crippen LogP contribution in [0.25, 0.3) is 0 Å². The van der Waals surface area contributed by atoms with Gasteiger partial charge in [-0.25, -0.2) is 8.42 Å². The molecule has 1 fully saturated rings. The number of non-ortho nitro benzene ring substituents is 1. The number of piperazine rings is 1. The maximum atomic E-state index is 13.8. The normalized spacial score (nSPS) is 17.0. The molecule has 0 amide bonds. The number of aryl methyl sites for hydroxylation is 1. The second-order valence-electron chi connectivity index (χ2n) is 8.96. The largest absolute Gasteiger partial charge is 0.365 e. The predicted molar refractivity (Wildman–Crippen MR) is 143 cm³/mol. The van der Waals surface area contributed by atoms with E-state index in [9.17, 15) is 48.3 Å². The number of nitrogens with zero attached hydrogens (tertiary/aromatic N) is 4. The summed E-state index contributed by atoms with van der Waals surface area (Å²) in [5.74, 6) is 0. The Morgan fingerprint density at radius 1 is 0.950 bits per heavy atom. The summed E-state index contributed by atoms with van der Waals surface area (Å²) in [7, 11) is -16.7. The second-order valence-corrected chi connectivity index (χ2v) is 15.9. The highest BCUT2D eigenvalue weighted by Gasteiger charge is 2.36. The molecule has 1 aromatic rings. The molecule has 1 heterocycles. The van der Waals surface area contributed by atoms with Crippen LogP contribution in [0.3, 0.4) is 0 Å². The van der Waals surface area contributed by atoms with Crippen LogP contribution in [0.5, 0.6) is 0 Å². The van der Waals surface area contributed by atoms with Crippen molar-refractivity contribution in [2.45, 2.75) is 24.1 Å². The molecule has 1 aliphatic rings. The van der Waals surface area contributed by atoms with E-state index in [1.807, 2.05) is 0 Å². The Bertz CT molecular complexity index is 1480. The van der Waals surface area contributed by atoms with Gasteiger partial charge in [-0.2, -0.15) is 29.6 Å². The third-order valence-corrected chi connectivity index (χ3v) is 10.2. The average Bonchev–Trinajstić information content (AvgIpc) is 2.80. The number of rotatable bonds is 14. The predicted octanol–water partition coefficient (Wildman–Crippen LogP) is -0.798. The van der Waals surface area contributed by atoms with Gasteiger partial charge in [0.2, 0.25) is 10.0 Å². The molecular formula is C19H32N4O13S4. The lowest BCUT2D eigenvalue weighted by Crippen LogP contribution is -2.53. The number of benzene rings is 1. The van der Waals surface area contributed by atoms with Gasteiger partial charge in [-0.3, -0.25) is 27.9 Å². The van der Waals surface area contributed by atoms with Crippen LogP contribution in [-0.4, -0.2) is 123 Å². The Kier molecular flexibility index (Phi) is 11.0. The topological polar surface area (TPSA) is 228 Å². The smallest absolute Gasteiger partial charge is 0.280 e. The number of nitro groups is 1. The van der Waals surface area contributed by atoms with Crippen molar-refractivity contribution in [3.8, 4) is 0 Å². The van der Waals surface area contributed by atoms with Crippen molar-refractivity contribution in [1.29, 1.82) is 0 Å². The van der Waals surface area contributed by atoms with E-state index in [1.54, 1.807) is 0 Å². The molecule has 1 aromatic carbocycles. The minimum absolute atomic E-state index is 0.0615. The van der Waals surface area contributed by atoms with E-state index >= 15 is 0 Å². The van der Waals surface area contributed by atoms with E-state index in [0.717, 1.165) is 28.9 Å². The molecule has 2 rings (SSSR count). The van der Waals surface area contributed by atoms with Crippen molar-refractivity contribution < 1.29 is 51.5 Å². The Hall–Kier alpha value is -1.98. The zero-order chi connectivity index (χ0) is 30.7. The van der Waals surface area contributed by atoms with Crippen molar-refractivity contribution in [2.75, 3.05) is 69.9 Å². The monoisotopic (exact) mass is 652 g/mol. The van der Waals surface area contributed by atoms with Crippen molar-refractivity contribution in [2.24, 2.45) is 0 Å². The van der Waals surface area contributed by atoms with Crippen molar-refractivity contribution in [3.63, 3.8) is 0 Å². The Balaban J connectivity index is 2.54. The van der Waals surface area contributed by atoms with Gasteiger partial charge >= 0.3 is 0 Å². The van der Waals surface area contributed by atoms with Gasteiger partial charge in [0, 0.05) is 51.4 Å². The summed E-state index contributed by atoms with van der Waals surface area (Å²) in [5.41, 5.74) is -0.489. The fourth-order valence-corrected chi connectivity index (χ4v) is 7.07. The fourth-order valence-electron chi connectivity index (χ4n) is 4.00. The maximum Gasteiger partial charge on any atom is 0.280 e. The van der Waals surface area contributed by atoms with Crippen LogP contribution in [0.1, 0.15) is 12.5 Å². The molecule has 1 N–H and O–H groups in total. The minimum Gasteiger partial charge on any atom is -0.365 e. The molecular weight excluding hydrogens is 620 g/mol. The molecule has 1 saturated heterocycles. The van der Waals surface area contributed by atoms with Crippen LogP contribution < -0.4 is 4.90 Å². The summed E-state index contributed by atoms with van der Waals surface area (Å²) in [4.78, 5) is 12.9. The van der Waals surface area contributed by atoms with Gasteiger partial charge in [0.25, 0.3) is 36.0 Å². The highest BCUT2D eigenvalue weighted by molar-refractivity contribution is 7.89. The molecule has 1 aliphatic heterocycles. The Labute approximate surface area is 233 Å². The molecule has 0 aromatic heterocycles. The van der Waals surface area contributed by atoms with Crippen LogP contribution in [0.4, 0.5) is 11.4 Å². The van der Waals surface area contributed by atoms with Crippen molar-refractivity contribution >= 4 is 51.8 Å². The van der Waals surface area contributed by atoms with Crippen LogP contribution in [0.2, 0.25) is 0 Å². The summed E-state index contributed by atoms with van der Waals surface area (Å²) in [6.45, 7) is 0.637. The van der Waals surface area contributed by atoms with Gasteiger partial charge in [0.1, 0.15) is 10.3 Å². The lowest BCUT2D eigenvalue weighted by atomic mass is 10.1. The lowest BCUT2D eigenvalue weighted by Gasteiger charge is -2.37. The first-order chi connectivity index (χ1) is 18.1. The van der Waals surface area contributed by atoms with Gasteiger partial charge in [-0.05, 0) is 19.4 Å². The summed E-state index contributed by atoms with van der Waals surface area (Å²) < 4.78 is 116. The Morgan fingerprint density at radius 2 is 1.43 bits per heavy atom. The van der Waals surface area contributed by atoms with E-state index in [0.29, 0.717) is 0 Å². The first-order valence-electron chi connectivity index (χ1n) is 11.6. The number of hydrogen-bond donors (Lipinski definition) is 1. The summed E-state index contributed by atoms with van der Waals surface area (Å²) in [6.07, 6.45) is 1.61. The molecule has 0 saturated carbocycles. The van der Waals surface area contributed by atoms with Crippen molar-refractivity contribution in [1.82, 2.24) is 9.21 Å². The molecule has 0 aliphatic carbocycles. The van der Waals surface area contributed by atoms with Gasteiger partial charge < -0.3 is 4.90 Å². The van der Waals surface area contributed by atoms with Crippen LogP contribution in [0, 0.1) is 17.0 Å². The van der Waals surface area contributed by atoms with E-state index in [4.69, 9.17) is 8.37 Å². The Morgan fingerprint density at radius 3 is 1.82 bits per heavy atom. The van der Waals surface area contributed by atoms with Crippen LogP contribution in [0.15, 0.2) is 17.0 Å². The molecule has 1 unspecified atom stereocenters. The van der Waals surface area contributed by atoms with Crippen molar-refractivity contribution in [3.05, 3.63) is 27.8 Å². The molecule has 0 radical (unpaired) electrons. The SMILES string of the molecule is Cc1cc([N+](=O)[O-])cc(S(=O)(=O)N2CCN(C(C)S(=O)(=O)O)CC2)c1N(CCOS(C)(=O)=O)CCOS(C)(=O)=O. The third kappa shape index (κ3) is 9.55. The fraction of sp³-hybridized carbons (Fsp3) is 0.684. The summed E-state index contributed by atoms with van der Waals surface area (Å²) >= 11 is 0. The van der Waals surface area contributed by atoms with Gasteiger partial charge in [0.05, 0.1) is 36.3 Å². The number of hydrogen-bond acceptors (Lipinski definition) is 14. The van der Waals surface area contributed by atoms with E-state index < -0.39 is 74.5 Å². The number of anilines is 1. The minimum atomic E-state index is -4.48. The van der Waals surface area contributed by atoms with E-state index in [2.05, 4.69) is 0 Å². The quantitative estimate of drug-likeness (QED) is 0.112. The highest BCUT2D eigenvalue weighted by atomic mass is 32.2. The third-order valence-electron chi connectivity index (χ3n) is 5.93.